The van der Waals surface area contributed by atoms with E-state index in [4.69, 9.17) is 27.1 Å². The normalized spacial score (nSPS) is 19.3. The molecule has 0 unspecified atom stereocenters. The van der Waals surface area contributed by atoms with Crippen LogP contribution in [0.5, 0.6) is 0 Å². The SMILES string of the molecule is NC1(C(=O)Nc2nc(C3CC3)c(Cc3ccccc3Cl)s2)CCOCC1. The Labute approximate surface area is 161 Å². The van der Waals surface area contributed by atoms with Crippen LogP contribution < -0.4 is 11.1 Å². The number of thiazole rings is 1. The summed E-state index contributed by atoms with van der Waals surface area (Å²) in [6.07, 6.45) is 4.12. The van der Waals surface area contributed by atoms with Gasteiger partial charge in [-0.05, 0) is 37.3 Å². The monoisotopic (exact) mass is 391 g/mol. The number of rotatable bonds is 5. The minimum absolute atomic E-state index is 0.166. The molecule has 2 aliphatic rings. The first-order valence-electron chi connectivity index (χ1n) is 8.96. The highest BCUT2D eigenvalue weighted by Crippen LogP contribution is 2.44. The molecule has 7 heteroatoms. The molecule has 2 fully saturated rings. The third-order valence-corrected chi connectivity index (χ3v) is 6.41. The molecular formula is C19H22ClN3O2S. The number of anilines is 1. The Morgan fingerprint density at radius 1 is 1.35 bits per heavy atom. The maximum absolute atomic E-state index is 12.7. The lowest BCUT2D eigenvalue weighted by Crippen LogP contribution is -2.54. The van der Waals surface area contributed by atoms with E-state index < -0.39 is 5.54 Å². The Morgan fingerprint density at radius 2 is 2.08 bits per heavy atom. The van der Waals surface area contributed by atoms with Gasteiger partial charge in [0.25, 0.3) is 0 Å². The molecule has 1 amide bonds. The van der Waals surface area contributed by atoms with Crippen LogP contribution in [-0.4, -0.2) is 29.6 Å². The summed E-state index contributed by atoms with van der Waals surface area (Å²) in [5.74, 6) is 0.338. The molecule has 1 aliphatic heterocycles. The molecule has 3 N–H and O–H groups in total. The van der Waals surface area contributed by atoms with Crippen LogP contribution in [0, 0.1) is 0 Å². The third-order valence-electron chi connectivity index (χ3n) is 5.06. The molecule has 1 saturated heterocycles. The summed E-state index contributed by atoms with van der Waals surface area (Å²) in [6.45, 7) is 1.04. The number of hydrogen-bond donors (Lipinski definition) is 2. The van der Waals surface area contributed by atoms with Crippen molar-refractivity contribution in [1.82, 2.24) is 4.98 Å². The molecule has 0 bridgehead atoms. The van der Waals surface area contributed by atoms with Crippen molar-refractivity contribution < 1.29 is 9.53 Å². The van der Waals surface area contributed by atoms with Gasteiger partial charge in [-0.1, -0.05) is 29.8 Å². The summed E-state index contributed by atoms with van der Waals surface area (Å²) in [4.78, 5) is 18.6. The Kier molecular flexibility index (Phi) is 5.01. The summed E-state index contributed by atoms with van der Waals surface area (Å²) in [5.41, 5.74) is 7.59. The molecule has 1 saturated carbocycles. The number of aromatic nitrogens is 1. The van der Waals surface area contributed by atoms with Crippen molar-refractivity contribution >= 4 is 34.0 Å². The zero-order valence-electron chi connectivity index (χ0n) is 14.5. The fourth-order valence-electron chi connectivity index (χ4n) is 3.22. The molecule has 5 nitrogen and oxygen atoms in total. The predicted octanol–water partition coefficient (Wildman–Crippen LogP) is 3.71. The number of ether oxygens (including phenoxy) is 1. The second-order valence-corrected chi connectivity index (χ2v) is 8.58. The van der Waals surface area contributed by atoms with Gasteiger partial charge >= 0.3 is 0 Å². The Morgan fingerprint density at radius 3 is 2.77 bits per heavy atom. The van der Waals surface area contributed by atoms with Gasteiger partial charge in [0.1, 0.15) is 5.54 Å². The first-order valence-corrected chi connectivity index (χ1v) is 10.2. The molecule has 138 valence electrons. The Hall–Kier alpha value is -1.47. The quantitative estimate of drug-likeness (QED) is 0.814. The van der Waals surface area contributed by atoms with Gasteiger partial charge in [-0.2, -0.15) is 0 Å². The van der Waals surface area contributed by atoms with Crippen molar-refractivity contribution in [2.24, 2.45) is 5.73 Å². The van der Waals surface area contributed by atoms with E-state index in [0.717, 1.165) is 35.5 Å². The number of amides is 1. The maximum Gasteiger partial charge on any atom is 0.246 e. The minimum Gasteiger partial charge on any atom is -0.381 e. The van der Waals surface area contributed by atoms with Gasteiger partial charge in [-0.15, -0.1) is 11.3 Å². The minimum atomic E-state index is -0.868. The van der Waals surface area contributed by atoms with E-state index in [9.17, 15) is 4.79 Å². The van der Waals surface area contributed by atoms with Crippen molar-refractivity contribution in [3.63, 3.8) is 0 Å². The fraction of sp³-hybridized carbons (Fsp3) is 0.474. The highest BCUT2D eigenvalue weighted by atomic mass is 35.5. The van der Waals surface area contributed by atoms with Gasteiger partial charge in [0.2, 0.25) is 5.91 Å². The number of hydrogen-bond acceptors (Lipinski definition) is 5. The number of halogens is 1. The maximum atomic E-state index is 12.7. The molecular weight excluding hydrogens is 370 g/mol. The van der Waals surface area contributed by atoms with E-state index in [1.807, 2.05) is 24.3 Å². The average molecular weight is 392 g/mol. The van der Waals surface area contributed by atoms with Crippen molar-refractivity contribution in [2.75, 3.05) is 18.5 Å². The number of benzene rings is 1. The van der Waals surface area contributed by atoms with E-state index >= 15 is 0 Å². The van der Waals surface area contributed by atoms with E-state index in [2.05, 4.69) is 5.32 Å². The van der Waals surface area contributed by atoms with Crippen molar-refractivity contribution in [3.05, 3.63) is 45.4 Å². The van der Waals surface area contributed by atoms with Crippen LogP contribution >= 0.6 is 22.9 Å². The molecule has 0 radical (unpaired) electrons. The zero-order valence-corrected chi connectivity index (χ0v) is 16.0. The number of nitrogens with one attached hydrogen (secondary N) is 1. The van der Waals surface area contributed by atoms with Crippen molar-refractivity contribution in [2.45, 2.75) is 43.6 Å². The lowest BCUT2D eigenvalue weighted by molar-refractivity contribution is -0.124. The van der Waals surface area contributed by atoms with Crippen LogP contribution in [0.25, 0.3) is 0 Å². The van der Waals surface area contributed by atoms with Crippen LogP contribution in [0.15, 0.2) is 24.3 Å². The predicted molar refractivity (Wildman–Crippen MR) is 104 cm³/mol. The average Bonchev–Trinajstić information content (AvgIpc) is 3.40. The summed E-state index contributed by atoms with van der Waals surface area (Å²) in [5, 5.41) is 4.35. The van der Waals surface area contributed by atoms with Gasteiger partial charge in [-0.3, -0.25) is 4.79 Å². The van der Waals surface area contributed by atoms with E-state index in [1.165, 1.54) is 16.2 Å². The van der Waals surface area contributed by atoms with Gasteiger partial charge < -0.3 is 15.8 Å². The zero-order chi connectivity index (χ0) is 18.1. The van der Waals surface area contributed by atoms with Crippen molar-refractivity contribution in [3.8, 4) is 0 Å². The molecule has 4 rings (SSSR count). The molecule has 0 spiro atoms. The van der Waals surface area contributed by atoms with Crippen LogP contribution in [-0.2, 0) is 16.0 Å². The lowest BCUT2D eigenvalue weighted by Gasteiger charge is -2.31. The summed E-state index contributed by atoms with van der Waals surface area (Å²) >= 11 is 7.85. The van der Waals surface area contributed by atoms with Crippen LogP contribution in [0.2, 0.25) is 5.02 Å². The van der Waals surface area contributed by atoms with Gasteiger partial charge in [0.15, 0.2) is 5.13 Å². The standard InChI is InChI=1S/C19H22ClN3O2S/c20-14-4-2-1-3-13(14)11-15-16(12-5-6-12)22-18(26-15)23-17(24)19(21)7-9-25-10-8-19/h1-4,12H,5-11,21H2,(H,22,23,24). The van der Waals surface area contributed by atoms with Crippen LogP contribution in [0.4, 0.5) is 5.13 Å². The van der Waals surface area contributed by atoms with E-state index in [1.54, 1.807) is 0 Å². The lowest BCUT2D eigenvalue weighted by atomic mass is 9.90. The van der Waals surface area contributed by atoms with Crippen LogP contribution in [0.3, 0.4) is 0 Å². The summed E-state index contributed by atoms with van der Waals surface area (Å²) in [7, 11) is 0. The van der Waals surface area contributed by atoms with Crippen molar-refractivity contribution in [1.29, 1.82) is 0 Å². The largest absolute Gasteiger partial charge is 0.381 e. The summed E-state index contributed by atoms with van der Waals surface area (Å²) < 4.78 is 5.32. The second-order valence-electron chi connectivity index (χ2n) is 7.09. The molecule has 0 atom stereocenters. The first-order chi connectivity index (χ1) is 12.5. The topological polar surface area (TPSA) is 77.2 Å². The van der Waals surface area contributed by atoms with E-state index in [0.29, 0.717) is 37.1 Å². The Bertz CT molecular complexity index is 813. The number of carbonyl (C=O) groups excluding carboxylic acids is 1. The van der Waals surface area contributed by atoms with Gasteiger partial charge in [0.05, 0.1) is 5.69 Å². The Balaban J connectivity index is 1.54. The number of carbonyl (C=O) groups is 1. The first kappa shape index (κ1) is 17.9. The molecule has 1 aromatic carbocycles. The smallest absolute Gasteiger partial charge is 0.246 e. The van der Waals surface area contributed by atoms with Gasteiger partial charge in [0, 0.05) is 35.5 Å². The summed E-state index contributed by atoms with van der Waals surface area (Å²) in [6, 6.07) is 7.86. The third kappa shape index (κ3) is 3.78. The second kappa shape index (κ2) is 7.27. The van der Waals surface area contributed by atoms with E-state index in [-0.39, 0.29) is 5.91 Å². The molecule has 1 aromatic heterocycles. The molecule has 26 heavy (non-hydrogen) atoms. The number of nitrogens with zero attached hydrogens (tertiary/aromatic N) is 1. The molecule has 2 aromatic rings. The van der Waals surface area contributed by atoms with Gasteiger partial charge in [-0.25, -0.2) is 4.98 Å². The fourth-order valence-corrected chi connectivity index (χ4v) is 4.49. The number of nitrogens with two attached hydrogens (primary N) is 1. The molecule has 1 aliphatic carbocycles. The van der Waals surface area contributed by atoms with Crippen LogP contribution in [0.1, 0.15) is 47.7 Å². The highest BCUT2D eigenvalue weighted by Gasteiger charge is 2.37. The molecule has 2 heterocycles. The highest BCUT2D eigenvalue weighted by molar-refractivity contribution is 7.16.